The molecule has 1 aliphatic rings. The molecule has 0 atom stereocenters. The summed E-state index contributed by atoms with van der Waals surface area (Å²) in [6.07, 6.45) is 1.19. The van der Waals surface area contributed by atoms with E-state index in [0.717, 1.165) is 34.4 Å². The summed E-state index contributed by atoms with van der Waals surface area (Å²) >= 11 is 3.45. The van der Waals surface area contributed by atoms with Gasteiger partial charge in [-0.1, -0.05) is 15.9 Å². The molecule has 1 saturated heterocycles. The van der Waals surface area contributed by atoms with E-state index in [2.05, 4.69) is 25.8 Å². The van der Waals surface area contributed by atoms with Crippen molar-refractivity contribution in [3.63, 3.8) is 0 Å². The number of benzene rings is 1. The van der Waals surface area contributed by atoms with E-state index in [4.69, 9.17) is 4.74 Å². The van der Waals surface area contributed by atoms with Crippen molar-refractivity contribution in [2.45, 2.75) is 39.7 Å². The van der Waals surface area contributed by atoms with Crippen LogP contribution >= 0.6 is 15.9 Å². The van der Waals surface area contributed by atoms with Gasteiger partial charge < -0.3 is 19.5 Å². The van der Waals surface area contributed by atoms with Crippen molar-refractivity contribution in [2.75, 3.05) is 19.7 Å². The van der Waals surface area contributed by atoms with Crippen molar-refractivity contribution in [3.05, 3.63) is 51.8 Å². The van der Waals surface area contributed by atoms with E-state index in [0.29, 0.717) is 25.3 Å². The Morgan fingerprint density at radius 2 is 1.82 bits per heavy atom. The summed E-state index contributed by atoms with van der Waals surface area (Å²) < 4.78 is 8.15. The number of amides is 2. The maximum atomic E-state index is 12.9. The van der Waals surface area contributed by atoms with Crippen LogP contribution in [0.1, 0.15) is 41.5 Å². The number of aryl methyl sites for hydroxylation is 1. The second-order valence-corrected chi connectivity index (χ2v) is 7.95. The molecule has 1 aromatic carbocycles. The van der Waals surface area contributed by atoms with Gasteiger partial charge in [-0.3, -0.25) is 4.79 Å². The number of hydrogen-bond donors (Lipinski definition) is 1. The molecule has 2 amide bonds. The summed E-state index contributed by atoms with van der Waals surface area (Å²) in [6, 6.07) is 10.0. The fourth-order valence-corrected chi connectivity index (χ4v) is 3.93. The number of likely N-dealkylation sites (tertiary alicyclic amines) is 1. The molecule has 7 heteroatoms. The van der Waals surface area contributed by atoms with Crippen LogP contribution in [0.3, 0.4) is 0 Å². The molecule has 1 aliphatic heterocycles. The topological polar surface area (TPSA) is 63.6 Å². The maximum absolute atomic E-state index is 12.9. The Hall–Kier alpha value is -2.28. The molecule has 0 saturated carbocycles. The highest BCUT2D eigenvalue weighted by atomic mass is 79.9. The molecule has 6 nitrogen and oxygen atoms in total. The van der Waals surface area contributed by atoms with Crippen LogP contribution in [0.2, 0.25) is 0 Å². The highest BCUT2D eigenvalue weighted by Crippen LogP contribution is 2.23. The normalized spacial score (nSPS) is 14.8. The highest BCUT2D eigenvalue weighted by molar-refractivity contribution is 9.10. The number of hydrogen-bond acceptors (Lipinski definition) is 3. The number of nitrogens with one attached hydrogen (secondary N) is 1. The van der Waals surface area contributed by atoms with Crippen LogP contribution in [0.15, 0.2) is 34.8 Å². The number of carbonyl (C=O) groups is 2. The molecule has 28 heavy (non-hydrogen) atoms. The number of piperidine rings is 1. The minimum atomic E-state index is -0.273. The third-order valence-corrected chi connectivity index (χ3v) is 5.65. The smallest absolute Gasteiger partial charge is 0.409 e. The molecule has 1 N–H and O–H groups in total. The van der Waals surface area contributed by atoms with E-state index in [-0.39, 0.29) is 18.0 Å². The van der Waals surface area contributed by atoms with Gasteiger partial charge in [-0.2, -0.15) is 0 Å². The summed E-state index contributed by atoms with van der Waals surface area (Å²) in [5.41, 5.74) is 3.65. The largest absolute Gasteiger partial charge is 0.450 e. The molecule has 1 fully saturated rings. The zero-order valence-electron chi connectivity index (χ0n) is 16.5. The minimum absolute atomic E-state index is 0.0638. The lowest BCUT2D eigenvalue weighted by Crippen LogP contribution is -2.46. The van der Waals surface area contributed by atoms with Crippen LogP contribution in [-0.4, -0.2) is 47.2 Å². The molecule has 0 spiro atoms. The first-order valence-electron chi connectivity index (χ1n) is 9.58. The van der Waals surface area contributed by atoms with Crippen molar-refractivity contribution >= 4 is 27.9 Å². The van der Waals surface area contributed by atoms with Gasteiger partial charge in [-0.25, -0.2) is 4.79 Å². The highest BCUT2D eigenvalue weighted by Gasteiger charge is 2.26. The number of nitrogens with zero attached hydrogens (tertiary/aromatic N) is 2. The molecule has 2 heterocycles. The third kappa shape index (κ3) is 4.41. The van der Waals surface area contributed by atoms with Crippen LogP contribution in [-0.2, 0) is 4.74 Å². The lowest BCUT2D eigenvalue weighted by Gasteiger charge is -2.31. The van der Waals surface area contributed by atoms with E-state index in [1.165, 1.54) is 0 Å². The second-order valence-electron chi connectivity index (χ2n) is 7.03. The molecule has 0 bridgehead atoms. The molecule has 0 aliphatic carbocycles. The van der Waals surface area contributed by atoms with E-state index in [9.17, 15) is 9.59 Å². The van der Waals surface area contributed by atoms with Crippen LogP contribution in [0.5, 0.6) is 0 Å². The summed E-state index contributed by atoms with van der Waals surface area (Å²) in [5.74, 6) is -0.0638. The third-order valence-electron chi connectivity index (χ3n) is 5.12. The molecular weight excluding hydrogens is 422 g/mol. The van der Waals surface area contributed by atoms with Crippen LogP contribution in [0.4, 0.5) is 4.79 Å². The van der Waals surface area contributed by atoms with E-state index in [1.807, 2.05) is 44.2 Å². The van der Waals surface area contributed by atoms with Gasteiger partial charge >= 0.3 is 6.09 Å². The molecule has 1 aromatic heterocycles. The Kier molecular flexibility index (Phi) is 6.44. The Balaban J connectivity index is 1.67. The van der Waals surface area contributed by atoms with Gasteiger partial charge in [0.2, 0.25) is 0 Å². The van der Waals surface area contributed by atoms with E-state index < -0.39 is 0 Å². The van der Waals surface area contributed by atoms with Gasteiger partial charge in [0.15, 0.2) is 0 Å². The fourth-order valence-electron chi connectivity index (χ4n) is 3.66. The Labute approximate surface area is 174 Å². The average Bonchev–Trinajstić information content (AvgIpc) is 2.98. The summed E-state index contributed by atoms with van der Waals surface area (Å²) in [6.45, 7) is 7.35. The zero-order valence-corrected chi connectivity index (χ0v) is 18.1. The molecular formula is C21H26BrN3O3. The maximum Gasteiger partial charge on any atom is 0.409 e. The summed E-state index contributed by atoms with van der Waals surface area (Å²) in [7, 11) is 0. The molecule has 3 rings (SSSR count). The monoisotopic (exact) mass is 447 g/mol. The van der Waals surface area contributed by atoms with Crippen molar-refractivity contribution < 1.29 is 14.3 Å². The van der Waals surface area contributed by atoms with Crippen molar-refractivity contribution in [3.8, 4) is 5.69 Å². The standard InChI is InChI=1S/C21H26BrN3O3/c1-4-28-21(27)24-11-9-17(10-12-24)23-20(26)19-13-14(2)25(15(19)3)18-7-5-16(22)6-8-18/h5-8,13,17H,4,9-12H2,1-3H3,(H,23,26). The Morgan fingerprint density at radius 3 is 2.43 bits per heavy atom. The number of halogens is 1. The lowest BCUT2D eigenvalue weighted by molar-refractivity contribution is 0.0859. The molecule has 150 valence electrons. The van der Waals surface area contributed by atoms with Crippen LogP contribution in [0, 0.1) is 13.8 Å². The fraction of sp³-hybridized carbons (Fsp3) is 0.429. The van der Waals surface area contributed by atoms with Crippen molar-refractivity contribution in [1.82, 2.24) is 14.8 Å². The Morgan fingerprint density at radius 1 is 1.18 bits per heavy atom. The number of rotatable bonds is 4. The molecule has 2 aromatic rings. The number of ether oxygens (including phenoxy) is 1. The zero-order chi connectivity index (χ0) is 20.3. The van der Waals surface area contributed by atoms with Gasteiger partial charge in [0.25, 0.3) is 5.91 Å². The first kappa shape index (κ1) is 20.5. The van der Waals surface area contributed by atoms with Gasteiger partial charge in [0.05, 0.1) is 12.2 Å². The molecule has 0 radical (unpaired) electrons. The van der Waals surface area contributed by atoms with Crippen LogP contribution in [0.25, 0.3) is 5.69 Å². The Bertz CT molecular complexity index is 853. The first-order chi connectivity index (χ1) is 13.4. The SMILES string of the molecule is CCOC(=O)N1CCC(NC(=O)c2cc(C)n(-c3ccc(Br)cc3)c2C)CC1. The van der Waals surface area contributed by atoms with Gasteiger partial charge in [-0.05, 0) is 63.9 Å². The lowest BCUT2D eigenvalue weighted by atomic mass is 10.0. The second kappa shape index (κ2) is 8.82. The van der Waals surface area contributed by atoms with Gasteiger partial charge in [0, 0.05) is 40.7 Å². The van der Waals surface area contributed by atoms with E-state index in [1.54, 1.807) is 11.8 Å². The summed E-state index contributed by atoms with van der Waals surface area (Å²) in [5, 5.41) is 3.13. The predicted molar refractivity (Wildman–Crippen MR) is 112 cm³/mol. The number of carbonyl (C=O) groups excluding carboxylic acids is 2. The minimum Gasteiger partial charge on any atom is -0.450 e. The van der Waals surface area contributed by atoms with Gasteiger partial charge in [-0.15, -0.1) is 0 Å². The van der Waals surface area contributed by atoms with Crippen molar-refractivity contribution in [2.24, 2.45) is 0 Å². The van der Waals surface area contributed by atoms with Crippen LogP contribution < -0.4 is 5.32 Å². The van der Waals surface area contributed by atoms with E-state index >= 15 is 0 Å². The van der Waals surface area contributed by atoms with Gasteiger partial charge in [0.1, 0.15) is 0 Å². The van der Waals surface area contributed by atoms with Crippen molar-refractivity contribution in [1.29, 1.82) is 0 Å². The summed E-state index contributed by atoms with van der Waals surface area (Å²) in [4.78, 5) is 26.4. The quantitative estimate of drug-likeness (QED) is 0.763. The molecule has 0 unspecified atom stereocenters. The number of aromatic nitrogens is 1. The predicted octanol–water partition coefficient (Wildman–Crippen LogP) is 4.21. The average molecular weight is 448 g/mol. The first-order valence-corrected chi connectivity index (χ1v) is 10.4.